The van der Waals surface area contributed by atoms with Gasteiger partial charge in [0.2, 0.25) is 0 Å². The number of aliphatic hydroxyl groups is 1. The van der Waals surface area contributed by atoms with E-state index in [1.165, 1.54) is 12.1 Å². The Morgan fingerprint density at radius 2 is 1.90 bits per heavy atom. The Hall–Kier alpha value is -1.08. The van der Waals surface area contributed by atoms with Crippen LogP contribution in [0.15, 0.2) is 18.2 Å². The molecule has 2 aliphatic rings. The van der Waals surface area contributed by atoms with Gasteiger partial charge in [-0.1, -0.05) is 20.8 Å². The fraction of sp³-hybridized carbons (Fsp3) is 0.667. The summed E-state index contributed by atoms with van der Waals surface area (Å²) in [6.45, 7) is 6.94. The smallest absolute Gasteiger partial charge is 0.387 e. The van der Waals surface area contributed by atoms with Crippen LogP contribution in [0.3, 0.4) is 0 Å². The predicted molar refractivity (Wildman–Crippen MR) is 108 cm³/mol. The number of alkyl halides is 2. The number of aryl methyl sites for hydroxylation is 1. The minimum Gasteiger partial charge on any atom is -0.673 e. The van der Waals surface area contributed by atoms with Crippen molar-refractivity contribution in [2.24, 2.45) is 11.3 Å². The van der Waals surface area contributed by atoms with Gasteiger partial charge < -0.3 is 20.9 Å². The van der Waals surface area contributed by atoms with E-state index < -0.39 is 6.61 Å². The number of rotatable bonds is 6. The number of nitrogens with zero attached hydrogens (tertiary/aromatic N) is 1. The summed E-state index contributed by atoms with van der Waals surface area (Å²) in [4.78, 5) is 14.2. The number of ether oxygens (including phenoxy) is 1. The van der Waals surface area contributed by atoms with Crippen molar-refractivity contribution in [1.82, 2.24) is 10.2 Å². The van der Waals surface area contributed by atoms with E-state index in [4.69, 9.17) is 10.8 Å². The van der Waals surface area contributed by atoms with Gasteiger partial charge >= 0.3 is 6.61 Å². The summed E-state index contributed by atoms with van der Waals surface area (Å²) in [6.07, 6.45) is 2.11. The monoisotopic (exact) mass is 596 g/mol. The van der Waals surface area contributed by atoms with E-state index >= 15 is 0 Å². The fourth-order valence-electron chi connectivity index (χ4n) is 3.96. The first kappa shape index (κ1) is 27.0. The molecular weight excluding hydrogens is 564 g/mol. The van der Waals surface area contributed by atoms with E-state index in [0.29, 0.717) is 29.0 Å². The molecule has 1 aromatic rings. The van der Waals surface area contributed by atoms with E-state index in [2.05, 4.69) is 10.1 Å². The summed E-state index contributed by atoms with van der Waals surface area (Å²) in [5.74, 6) is 0.164. The SMILES string of the molecule is CC(C)(C)[NH-].Cc1cc(OC(F)F)cc(C(=O)NCC2CC3(C2)CN(CO)C3)c1.[W]. The van der Waals surface area contributed by atoms with Crippen LogP contribution in [-0.4, -0.2) is 54.4 Å². The summed E-state index contributed by atoms with van der Waals surface area (Å²) >= 11 is 0. The number of aliphatic hydroxyl groups excluding tert-OH is 1. The normalized spacial score (nSPS) is 17.9. The third kappa shape index (κ3) is 8.58. The topological polar surface area (TPSA) is 85.6 Å². The molecule has 0 atom stereocenters. The third-order valence-corrected chi connectivity index (χ3v) is 4.85. The number of hydrogen-bond donors (Lipinski definition) is 2. The van der Waals surface area contributed by atoms with Crippen molar-refractivity contribution >= 4 is 5.91 Å². The van der Waals surface area contributed by atoms with Gasteiger partial charge in [0, 0.05) is 46.3 Å². The number of benzene rings is 1. The summed E-state index contributed by atoms with van der Waals surface area (Å²) in [5, 5.41) is 11.9. The molecule has 1 aliphatic heterocycles. The fourth-order valence-corrected chi connectivity index (χ4v) is 3.96. The van der Waals surface area contributed by atoms with Crippen LogP contribution < -0.4 is 10.1 Å². The Labute approximate surface area is 191 Å². The molecule has 1 heterocycles. The molecule has 30 heavy (non-hydrogen) atoms. The molecule has 0 unspecified atom stereocenters. The number of amides is 1. The largest absolute Gasteiger partial charge is 0.673 e. The second-order valence-electron chi connectivity index (χ2n) is 9.28. The van der Waals surface area contributed by atoms with Gasteiger partial charge in [-0.15, -0.1) is 5.54 Å². The second-order valence-corrected chi connectivity index (χ2v) is 9.28. The quantitative estimate of drug-likeness (QED) is 0.524. The van der Waals surface area contributed by atoms with Crippen molar-refractivity contribution in [3.63, 3.8) is 0 Å². The van der Waals surface area contributed by atoms with E-state index in [0.717, 1.165) is 25.9 Å². The van der Waals surface area contributed by atoms with Crippen molar-refractivity contribution in [1.29, 1.82) is 0 Å². The molecule has 9 heteroatoms. The predicted octanol–water partition coefficient (Wildman–Crippen LogP) is 3.82. The Morgan fingerprint density at radius 3 is 2.40 bits per heavy atom. The van der Waals surface area contributed by atoms with Crippen molar-refractivity contribution in [3.8, 4) is 5.75 Å². The molecule has 170 valence electrons. The second kappa shape index (κ2) is 11.0. The Kier molecular flexibility index (Phi) is 9.87. The first-order valence-electron chi connectivity index (χ1n) is 9.82. The van der Waals surface area contributed by atoms with Gasteiger partial charge in [0.1, 0.15) is 5.75 Å². The first-order chi connectivity index (χ1) is 13.4. The summed E-state index contributed by atoms with van der Waals surface area (Å²) in [7, 11) is 0. The van der Waals surface area contributed by atoms with Crippen molar-refractivity contribution in [3.05, 3.63) is 35.1 Å². The number of carbonyl (C=O) groups excluding carboxylic acids is 1. The van der Waals surface area contributed by atoms with Gasteiger partial charge in [-0.05, 0) is 54.9 Å². The van der Waals surface area contributed by atoms with Crippen LogP contribution in [0.4, 0.5) is 8.78 Å². The number of carbonyl (C=O) groups is 1. The molecule has 1 amide bonds. The Balaban J connectivity index is 0.000000674. The average Bonchev–Trinajstić information content (AvgIpc) is 2.48. The molecule has 1 spiro atoms. The van der Waals surface area contributed by atoms with Gasteiger partial charge in [0.05, 0.1) is 6.73 Å². The minimum atomic E-state index is -2.91. The Morgan fingerprint density at radius 1 is 1.33 bits per heavy atom. The zero-order valence-corrected chi connectivity index (χ0v) is 20.9. The molecular formula is C21H32F2N3O3W-. The van der Waals surface area contributed by atoms with Crippen LogP contribution in [0, 0.1) is 18.3 Å². The van der Waals surface area contributed by atoms with Gasteiger partial charge in [0.25, 0.3) is 5.91 Å². The van der Waals surface area contributed by atoms with Crippen LogP contribution >= 0.6 is 0 Å². The van der Waals surface area contributed by atoms with Crippen molar-refractivity contribution in [2.75, 3.05) is 26.4 Å². The maximum Gasteiger partial charge on any atom is 0.387 e. The van der Waals surface area contributed by atoms with Gasteiger partial charge in [-0.3, -0.25) is 9.69 Å². The summed E-state index contributed by atoms with van der Waals surface area (Å²) in [6, 6.07) is 4.46. The zero-order chi connectivity index (χ0) is 21.8. The number of nitrogens with one attached hydrogen (secondary N) is 2. The molecule has 0 bridgehead atoms. The van der Waals surface area contributed by atoms with Crippen LogP contribution in [0.2, 0.25) is 0 Å². The molecule has 6 nitrogen and oxygen atoms in total. The van der Waals surface area contributed by atoms with Crippen LogP contribution in [0.25, 0.3) is 5.73 Å². The molecule has 0 aromatic heterocycles. The molecule has 0 radical (unpaired) electrons. The molecule has 1 saturated heterocycles. The van der Waals surface area contributed by atoms with E-state index in [9.17, 15) is 13.6 Å². The van der Waals surface area contributed by atoms with E-state index in [1.54, 1.807) is 13.0 Å². The van der Waals surface area contributed by atoms with Gasteiger partial charge in [-0.25, -0.2) is 0 Å². The molecule has 1 aliphatic carbocycles. The van der Waals surface area contributed by atoms with Crippen molar-refractivity contribution in [2.45, 2.75) is 52.7 Å². The van der Waals surface area contributed by atoms with Crippen LogP contribution in [0.1, 0.15) is 49.5 Å². The zero-order valence-electron chi connectivity index (χ0n) is 18.0. The molecule has 1 aromatic carbocycles. The van der Waals surface area contributed by atoms with E-state index in [1.807, 2.05) is 25.7 Å². The number of halogens is 2. The van der Waals surface area contributed by atoms with Gasteiger partial charge in [-0.2, -0.15) is 8.78 Å². The third-order valence-electron chi connectivity index (χ3n) is 4.85. The summed E-state index contributed by atoms with van der Waals surface area (Å²) < 4.78 is 29.0. The number of likely N-dealkylation sites (tertiary alicyclic amines) is 1. The van der Waals surface area contributed by atoms with Crippen LogP contribution in [-0.2, 0) is 21.1 Å². The number of hydrogen-bond acceptors (Lipinski definition) is 4. The standard InChI is InChI=1S/C17H22F2N2O3.C4H10N.W/c1-11-2-13(4-14(3-11)24-16(18)19)15(23)20-7-12-5-17(6-12)8-21(9-17)10-22;1-4(2,3)5;/h2-4,12,16,22H,5-10H2,1H3,(H,20,23);5H,1-3H3;/q;-1;. The Bertz CT molecular complexity index is 693. The molecule has 3 N–H and O–H groups in total. The molecule has 3 rings (SSSR count). The van der Waals surface area contributed by atoms with Gasteiger partial charge in [0.15, 0.2) is 0 Å². The van der Waals surface area contributed by atoms with Crippen molar-refractivity contribution < 1.29 is 44.5 Å². The molecule has 2 fully saturated rings. The average molecular weight is 596 g/mol. The minimum absolute atomic E-state index is 0. The van der Waals surface area contributed by atoms with E-state index in [-0.39, 0.29) is 45.0 Å². The van der Waals surface area contributed by atoms with Crippen LogP contribution in [0.5, 0.6) is 5.75 Å². The summed E-state index contributed by atoms with van der Waals surface area (Å²) in [5.41, 5.74) is 8.04. The first-order valence-corrected chi connectivity index (χ1v) is 9.82. The maximum atomic E-state index is 12.3. The molecule has 1 saturated carbocycles. The maximum absolute atomic E-state index is 12.3.